The molecule has 4 rings (SSSR count). The zero-order chi connectivity index (χ0) is 30.2. The van der Waals surface area contributed by atoms with Crippen LogP contribution in [0.2, 0.25) is 10.0 Å². The number of carbonyl (C=O) groups is 2. The van der Waals surface area contributed by atoms with Gasteiger partial charge in [0.2, 0.25) is 0 Å². The summed E-state index contributed by atoms with van der Waals surface area (Å²) < 4.78 is 22.5. The third-order valence-corrected chi connectivity index (χ3v) is 6.68. The van der Waals surface area contributed by atoms with Crippen LogP contribution in [0.4, 0.5) is 11.4 Å². The van der Waals surface area contributed by atoms with E-state index in [2.05, 4.69) is 10.6 Å². The Balaban J connectivity index is 1.45. The Morgan fingerprint density at radius 1 is 0.619 bits per heavy atom. The molecule has 4 aromatic rings. The Bertz CT molecular complexity index is 1460. The van der Waals surface area contributed by atoms with Gasteiger partial charge in [-0.1, -0.05) is 47.5 Å². The van der Waals surface area contributed by atoms with E-state index in [1.807, 2.05) is 12.1 Å². The molecular weight excluding hydrogens is 579 g/mol. The topological polar surface area (TPSA) is 95.1 Å². The molecule has 0 bridgehead atoms. The van der Waals surface area contributed by atoms with Gasteiger partial charge in [0.15, 0.2) is 12.2 Å². The summed E-state index contributed by atoms with van der Waals surface area (Å²) in [5.41, 5.74) is 2.58. The van der Waals surface area contributed by atoms with E-state index in [9.17, 15) is 9.59 Å². The first kappa shape index (κ1) is 30.6. The molecule has 2 atom stereocenters. The van der Waals surface area contributed by atoms with Gasteiger partial charge in [0.25, 0.3) is 11.8 Å². The number of halogens is 2. The summed E-state index contributed by atoms with van der Waals surface area (Å²) in [6.07, 6.45) is -1.56. The highest BCUT2D eigenvalue weighted by atomic mass is 35.5. The zero-order valence-electron chi connectivity index (χ0n) is 23.4. The van der Waals surface area contributed by atoms with Crippen molar-refractivity contribution in [1.82, 2.24) is 0 Å². The van der Waals surface area contributed by atoms with Crippen LogP contribution in [0.25, 0.3) is 11.1 Å². The molecular formula is C32H30Cl2N2O6. The van der Waals surface area contributed by atoms with Crippen molar-refractivity contribution in [1.29, 1.82) is 0 Å². The second-order valence-corrected chi connectivity index (χ2v) is 10.1. The maximum Gasteiger partial charge on any atom is 0.265 e. The monoisotopic (exact) mass is 608 g/mol. The highest BCUT2D eigenvalue weighted by molar-refractivity contribution is 6.31. The van der Waals surface area contributed by atoms with Crippen molar-refractivity contribution in [2.45, 2.75) is 26.1 Å². The number of anilines is 2. The minimum Gasteiger partial charge on any atom is -0.495 e. The van der Waals surface area contributed by atoms with Crippen LogP contribution in [0, 0.1) is 0 Å². The van der Waals surface area contributed by atoms with Crippen LogP contribution in [0.1, 0.15) is 13.8 Å². The van der Waals surface area contributed by atoms with Crippen molar-refractivity contribution in [2.24, 2.45) is 0 Å². The zero-order valence-corrected chi connectivity index (χ0v) is 25.0. The van der Waals surface area contributed by atoms with Crippen molar-refractivity contribution in [3.63, 3.8) is 0 Å². The van der Waals surface area contributed by atoms with Gasteiger partial charge in [0.05, 0.1) is 25.6 Å². The molecule has 0 saturated carbocycles. The molecule has 0 aromatic heterocycles. The first-order valence-corrected chi connectivity index (χ1v) is 13.7. The molecule has 0 fully saturated rings. The van der Waals surface area contributed by atoms with E-state index >= 15 is 0 Å². The van der Waals surface area contributed by atoms with Gasteiger partial charge < -0.3 is 29.6 Å². The maximum atomic E-state index is 12.8. The molecule has 2 amide bonds. The van der Waals surface area contributed by atoms with Gasteiger partial charge in [-0.15, -0.1) is 0 Å². The largest absolute Gasteiger partial charge is 0.495 e. The lowest BCUT2D eigenvalue weighted by Crippen LogP contribution is -2.30. The molecule has 8 nitrogen and oxygen atoms in total. The minimum atomic E-state index is -0.779. The van der Waals surface area contributed by atoms with Gasteiger partial charge in [-0.05, 0) is 85.6 Å². The first-order chi connectivity index (χ1) is 20.2. The van der Waals surface area contributed by atoms with Crippen molar-refractivity contribution in [2.75, 3.05) is 24.9 Å². The first-order valence-electron chi connectivity index (χ1n) is 13.0. The Labute approximate surface area is 254 Å². The molecule has 0 aliphatic rings. The molecule has 42 heavy (non-hydrogen) atoms. The molecule has 0 radical (unpaired) electrons. The van der Waals surface area contributed by atoms with Crippen molar-refractivity contribution < 1.29 is 28.5 Å². The van der Waals surface area contributed by atoms with E-state index in [0.29, 0.717) is 44.4 Å². The Morgan fingerprint density at radius 3 is 1.38 bits per heavy atom. The van der Waals surface area contributed by atoms with Crippen molar-refractivity contribution >= 4 is 46.4 Å². The van der Waals surface area contributed by atoms with Gasteiger partial charge in [0, 0.05) is 10.0 Å². The summed E-state index contributed by atoms with van der Waals surface area (Å²) in [6, 6.07) is 24.5. The van der Waals surface area contributed by atoms with Crippen LogP contribution in [0.5, 0.6) is 23.0 Å². The van der Waals surface area contributed by atoms with E-state index in [1.54, 1.807) is 86.6 Å². The van der Waals surface area contributed by atoms with Gasteiger partial charge in [-0.2, -0.15) is 0 Å². The number of nitrogens with one attached hydrogen (secondary N) is 2. The summed E-state index contributed by atoms with van der Waals surface area (Å²) in [5, 5.41) is 6.72. The van der Waals surface area contributed by atoms with E-state index in [4.69, 9.17) is 42.1 Å². The molecule has 2 unspecified atom stereocenters. The third-order valence-electron chi connectivity index (χ3n) is 6.21. The van der Waals surface area contributed by atoms with Gasteiger partial charge >= 0.3 is 0 Å². The number of benzene rings is 4. The second-order valence-electron chi connectivity index (χ2n) is 9.24. The van der Waals surface area contributed by atoms with Crippen LogP contribution in [0.15, 0.2) is 84.9 Å². The Morgan fingerprint density at radius 2 is 1.02 bits per heavy atom. The lowest BCUT2D eigenvalue weighted by molar-refractivity contribution is -0.122. The van der Waals surface area contributed by atoms with Gasteiger partial charge in [0.1, 0.15) is 23.0 Å². The minimum absolute atomic E-state index is 0.351. The number of amides is 2. The average molecular weight is 610 g/mol. The SMILES string of the molecule is COc1cc(-c2ccc(NC(=O)C(C)Oc3cccc(Cl)c3)c(OC)c2)ccc1NC(=O)C(C)Oc1cccc(Cl)c1. The van der Waals surface area contributed by atoms with Crippen LogP contribution in [-0.4, -0.2) is 38.2 Å². The fourth-order valence-corrected chi connectivity index (χ4v) is 4.37. The molecule has 0 aliphatic heterocycles. The number of methoxy groups -OCH3 is 2. The van der Waals surface area contributed by atoms with Crippen LogP contribution in [-0.2, 0) is 9.59 Å². The van der Waals surface area contributed by atoms with Crippen LogP contribution in [0.3, 0.4) is 0 Å². The molecule has 0 aliphatic carbocycles. The fraction of sp³-hybridized carbons (Fsp3) is 0.188. The molecule has 2 N–H and O–H groups in total. The summed E-state index contributed by atoms with van der Waals surface area (Å²) in [7, 11) is 3.04. The Hall–Kier alpha value is -4.40. The maximum absolute atomic E-state index is 12.8. The van der Waals surface area contributed by atoms with E-state index < -0.39 is 12.2 Å². The average Bonchev–Trinajstić information content (AvgIpc) is 2.97. The third kappa shape index (κ3) is 7.87. The molecule has 218 valence electrons. The number of hydrogen-bond donors (Lipinski definition) is 2. The van der Waals surface area contributed by atoms with E-state index in [-0.39, 0.29) is 11.8 Å². The summed E-state index contributed by atoms with van der Waals surface area (Å²) in [4.78, 5) is 25.6. The number of ether oxygens (including phenoxy) is 4. The van der Waals surface area contributed by atoms with E-state index in [0.717, 1.165) is 11.1 Å². The van der Waals surface area contributed by atoms with Gasteiger partial charge in [-0.25, -0.2) is 0 Å². The molecule has 10 heteroatoms. The standard InChI is InChI=1S/C32H30Cl2N2O6/c1-19(41-25-9-5-7-23(33)17-25)31(37)35-27-13-11-21(15-29(27)39-3)22-12-14-28(30(16-22)40-4)36-32(38)20(2)42-26-10-6-8-24(34)18-26/h5-20H,1-4H3,(H,35,37)(H,36,38). The van der Waals surface area contributed by atoms with Crippen molar-refractivity contribution in [3.05, 3.63) is 95.0 Å². The summed E-state index contributed by atoms with van der Waals surface area (Å²) in [6.45, 7) is 3.29. The van der Waals surface area contributed by atoms with Crippen LogP contribution >= 0.6 is 23.2 Å². The quantitative estimate of drug-likeness (QED) is 0.183. The van der Waals surface area contributed by atoms with Crippen LogP contribution < -0.4 is 29.6 Å². The molecule has 0 spiro atoms. The molecule has 4 aromatic carbocycles. The summed E-state index contributed by atoms with van der Waals surface area (Å²) >= 11 is 12.0. The summed E-state index contributed by atoms with van der Waals surface area (Å²) in [5.74, 6) is 1.19. The normalized spacial score (nSPS) is 12.0. The van der Waals surface area contributed by atoms with E-state index in [1.165, 1.54) is 14.2 Å². The predicted octanol–water partition coefficient (Wildman–Crippen LogP) is 7.49. The predicted molar refractivity (Wildman–Crippen MR) is 165 cm³/mol. The highest BCUT2D eigenvalue weighted by Crippen LogP contribution is 2.35. The lowest BCUT2D eigenvalue weighted by atomic mass is 10.0. The lowest BCUT2D eigenvalue weighted by Gasteiger charge is -2.18. The number of rotatable bonds is 11. The highest BCUT2D eigenvalue weighted by Gasteiger charge is 2.19. The molecule has 0 heterocycles. The smallest absolute Gasteiger partial charge is 0.265 e. The van der Waals surface area contributed by atoms with Gasteiger partial charge in [-0.3, -0.25) is 9.59 Å². The Kier molecular flexibility index (Phi) is 10.2. The second kappa shape index (κ2) is 14.0. The van der Waals surface area contributed by atoms with Crippen molar-refractivity contribution in [3.8, 4) is 34.1 Å². The molecule has 0 saturated heterocycles. The number of carbonyl (C=O) groups excluding carboxylic acids is 2. The number of hydrogen-bond acceptors (Lipinski definition) is 6. The fourth-order valence-electron chi connectivity index (χ4n) is 4.01.